The Morgan fingerprint density at radius 2 is 2.17 bits per heavy atom. The number of carbonyl (C=O) groups is 1. The third-order valence-electron chi connectivity index (χ3n) is 7.59. The highest BCUT2D eigenvalue weighted by molar-refractivity contribution is 5.92. The lowest BCUT2D eigenvalue weighted by Crippen LogP contribution is -2.40. The van der Waals surface area contributed by atoms with Gasteiger partial charge in [0.25, 0.3) is 0 Å². The largest absolute Gasteiger partial charge is 0.481 e. The molecule has 10 heteroatoms. The summed E-state index contributed by atoms with van der Waals surface area (Å²) in [5.41, 5.74) is 4.06. The molecular weight excluding hydrogens is 510 g/mol. The van der Waals surface area contributed by atoms with E-state index in [0.29, 0.717) is 25.6 Å². The monoisotopic (exact) mass is 543 g/mol. The van der Waals surface area contributed by atoms with Crippen LogP contribution in [-0.4, -0.2) is 69.5 Å². The Labute approximate surface area is 232 Å². The van der Waals surface area contributed by atoms with E-state index >= 15 is 0 Å². The van der Waals surface area contributed by atoms with Crippen molar-refractivity contribution in [3.8, 4) is 5.88 Å². The van der Waals surface area contributed by atoms with E-state index in [9.17, 15) is 9.90 Å². The second-order valence-corrected chi connectivity index (χ2v) is 10.1. The Bertz CT molecular complexity index is 1470. The van der Waals surface area contributed by atoms with Gasteiger partial charge in [-0.05, 0) is 55.3 Å². The van der Waals surface area contributed by atoms with E-state index in [1.165, 1.54) is 5.57 Å². The third-order valence-corrected chi connectivity index (χ3v) is 7.59. The lowest BCUT2D eigenvalue weighted by atomic mass is 9.97. The van der Waals surface area contributed by atoms with E-state index in [0.717, 1.165) is 60.8 Å². The van der Waals surface area contributed by atoms with Crippen molar-refractivity contribution in [2.45, 2.75) is 44.7 Å². The van der Waals surface area contributed by atoms with Gasteiger partial charge >= 0.3 is 5.97 Å². The van der Waals surface area contributed by atoms with Gasteiger partial charge in [-0.1, -0.05) is 18.2 Å². The van der Waals surface area contributed by atoms with Gasteiger partial charge in [0.1, 0.15) is 12.4 Å². The van der Waals surface area contributed by atoms with Gasteiger partial charge in [-0.15, -0.1) is 0 Å². The fourth-order valence-corrected chi connectivity index (χ4v) is 5.31. The van der Waals surface area contributed by atoms with Crippen molar-refractivity contribution in [3.63, 3.8) is 0 Å². The van der Waals surface area contributed by atoms with Crippen LogP contribution < -0.4 is 10.1 Å². The van der Waals surface area contributed by atoms with Crippen molar-refractivity contribution in [3.05, 3.63) is 89.2 Å². The molecule has 2 unspecified atom stereocenters. The Balaban J connectivity index is 1.33. The van der Waals surface area contributed by atoms with Crippen LogP contribution in [0.15, 0.2) is 72.3 Å². The maximum Gasteiger partial charge on any atom is 0.335 e. The average molecular weight is 544 g/mol. The minimum absolute atomic E-state index is 0.0129. The quantitative estimate of drug-likeness (QED) is 0.370. The van der Waals surface area contributed by atoms with Crippen LogP contribution in [0.25, 0.3) is 11.0 Å². The molecule has 1 fully saturated rings. The van der Waals surface area contributed by atoms with Gasteiger partial charge in [-0.2, -0.15) is 0 Å². The van der Waals surface area contributed by atoms with Crippen LogP contribution >= 0.6 is 0 Å². The van der Waals surface area contributed by atoms with Crippen LogP contribution in [0.4, 0.5) is 0 Å². The summed E-state index contributed by atoms with van der Waals surface area (Å²) in [6.45, 7) is 3.96. The number of hydrogen-bond donors (Lipinski definition) is 2. The number of nitrogens with zero attached hydrogens (tertiary/aromatic N) is 4. The number of ether oxygens (including phenoxy) is 3. The summed E-state index contributed by atoms with van der Waals surface area (Å²) in [6, 6.07) is 8.88. The Morgan fingerprint density at radius 3 is 2.88 bits per heavy atom. The number of carboxylic acids is 1. The maximum absolute atomic E-state index is 11.7. The van der Waals surface area contributed by atoms with E-state index in [2.05, 4.69) is 38.0 Å². The highest BCUT2D eigenvalue weighted by Gasteiger charge is 2.29. The molecule has 10 nitrogen and oxygen atoms in total. The Kier molecular flexibility index (Phi) is 7.52. The van der Waals surface area contributed by atoms with Crippen LogP contribution in [0.5, 0.6) is 5.88 Å². The summed E-state index contributed by atoms with van der Waals surface area (Å²) in [6.07, 6.45) is 12.2. The van der Waals surface area contributed by atoms with Crippen molar-refractivity contribution in [2.75, 3.05) is 26.8 Å². The molecule has 0 aliphatic carbocycles. The number of hydrogen-bond acceptors (Lipinski definition) is 8. The zero-order valence-electron chi connectivity index (χ0n) is 22.5. The lowest BCUT2D eigenvalue weighted by molar-refractivity contribution is -0.0592. The number of fused-ring (bicyclic) bond motifs is 1. The molecule has 0 radical (unpaired) electrons. The molecule has 0 spiro atoms. The van der Waals surface area contributed by atoms with Crippen molar-refractivity contribution in [2.24, 2.45) is 0 Å². The van der Waals surface area contributed by atoms with Gasteiger partial charge < -0.3 is 34.1 Å². The summed E-state index contributed by atoms with van der Waals surface area (Å²) in [5, 5.41) is 13.0. The van der Waals surface area contributed by atoms with Crippen LogP contribution in [0.3, 0.4) is 0 Å². The predicted molar refractivity (Wildman–Crippen MR) is 149 cm³/mol. The summed E-state index contributed by atoms with van der Waals surface area (Å²) in [4.78, 5) is 23.3. The Hall–Kier alpha value is -4.15. The first kappa shape index (κ1) is 26.1. The predicted octanol–water partition coefficient (Wildman–Crippen LogP) is 3.65. The van der Waals surface area contributed by atoms with Gasteiger partial charge in [-0.3, -0.25) is 0 Å². The molecule has 5 heterocycles. The number of pyridine rings is 1. The van der Waals surface area contributed by atoms with E-state index in [4.69, 9.17) is 19.2 Å². The fraction of sp³-hybridized carbons (Fsp3) is 0.367. The molecule has 3 aromatic rings. The molecule has 2 N–H and O–H groups in total. The number of imidazole rings is 1. The fourth-order valence-electron chi connectivity index (χ4n) is 5.31. The zero-order chi connectivity index (χ0) is 27.5. The van der Waals surface area contributed by atoms with Crippen molar-refractivity contribution < 1.29 is 24.1 Å². The number of methoxy groups -OCH3 is 1. The molecule has 3 aliphatic heterocycles. The molecule has 0 saturated carbocycles. The molecule has 2 aromatic heterocycles. The maximum atomic E-state index is 11.7. The van der Waals surface area contributed by atoms with Gasteiger partial charge in [0.2, 0.25) is 5.88 Å². The average Bonchev–Trinajstić information content (AvgIpc) is 3.31. The molecule has 40 heavy (non-hydrogen) atoms. The molecule has 1 aromatic carbocycles. The molecule has 1 saturated heterocycles. The Morgan fingerprint density at radius 1 is 1.27 bits per heavy atom. The van der Waals surface area contributed by atoms with Crippen LogP contribution in [0.2, 0.25) is 0 Å². The number of aromatic nitrogens is 3. The summed E-state index contributed by atoms with van der Waals surface area (Å²) >= 11 is 0. The van der Waals surface area contributed by atoms with E-state index in [-0.39, 0.29) is 17.7 Å². The standard InChI is InChI=1S/C30H33N5O5/c1-38-28-8-5-20(16-32-28)19-40-29-4-2-3-25(21-9-12-31-13-10-21)35(29)18-27-33-24-7-6-22(30(36)37)15-26(24)34(27)17-23-11-14-39-23/h2-9,15-16,23,25,31H,10-14,17-19H2,1H3,(H,36,37). The van der Waals surface area contributed by atoms with Crippen LogP contribution in [0, 0.1) is 0 Å². The van der Waals surface area contributed by atoms with Gasteiger partial charge in [0.05, 0.1) is 48.9 Å². The smallest absolute Gasteiger partial charge is 0.335 e. The minimum Gasteiger partial charge on any atom is -0.481 e. The van der Waals surface area contributed by atoms with Crippen molar-refractivity contribution in [1.29, 1.82) is 0 Å². The highest BCUT2D eigenvalue weighted by Crippen LogP contribution is 2.30. The van der Waals surface area contributed by atoms with Crippen molar-refractivity contribution >= 4 is 17.0 Å². The molecular formula is C30H33N5O5. The number of allylic oxidation sites excluding steroid dienone is 2. The molecule has 3 aliphatic rings. The first-order chi connectivity index (χ1) is 19.6. The number of aromatic carboxylic acids is 1. The van der Waals surface area contributed by atoms with Gasteiger partial charge in [0, 0.05) is 31.0 Å². The number of rotatable bonds is 10. The number of carboxylic acid groups (broad SMARTS) is 1. The number of nitrogens with one attached hydrogen (secondary N) is 1. The van der Waals surface area contributed by atoms with Crippen LogP contribution in [-0.2, 0) is 29.2 Å². The van der Waals surface area contributed by atoms with Gasteiger partial charge in [-0.25, -0.2) is 14.8 Å². The molecule has 208 valence electrons. The summed E-state index contributed by atoms with van der Waals surface area (Å²) in [7, 11) is 1.60. The van der Waals surface area contributed by atoms with Gasteiger partial charge in [0.15, 0.2) is 5.88 Å². The first-order valence-corrected chi connectivity index (χ1v) is 13.6. The van der Waals surface area contributed by atoms with E-state index in [1.807, 2.05) is 18.2 Å². The second-order valence-electron chi connectivity index (χ2n) is 10.1. The molecule has 0 bridgehead atoms. The summed E-state index contributed by atoms with van der Waals surface area (Å²) < 4.78 is 19.5. The third kappa shape index (κ3) is 5.45. The highest BCUT2D eigenvalue weighted by atomic mass is 16.5. The van der Waals surface area contributed by atoms with Crippen molar-refractivity contribution in [1.82, 2.24) is 24.8 Å². The molecule has 2 atom stereocenters. The minimum atomic E-state index is -0.957. The molecule has 6 rings (SSSR count). The SMILES string of the molecule is COc1ccc(COC2=CC=CC(C3=CCNCC3)N2Cc2nc3ccc(C(=O)O)cc3n2CC2CCO2)cn1. The van der Waals surface area contributed by atoms with E-state index in [1.54, 1.807) is 31.5 Å². The summed E-state index contributed by atoms with van der Waals surface area (Å²) in [5.74, 6) is 1.18. The lowest BCUT2D eigenvalue weighted by Gasteiger charge is -2.37. The molecule has 0 amide bonds. The number of benzene rings is 1. The normalized spacial score (nSPS) is 20.6. The topological polar surface area (TPSA) is 111 Å². The van der Waals surface area contributed by atoms with Crippen LogP contribution in [0.1, 0.15) is 34.6 Å². The zero-order valence-corrected chi connectivity index (χ0v) is 22.5. The first-order valence-electron chi connectivity index (χ1n) is 13.6. The second kappa shape index (κ2) is 11.5. The van der Waals surface area contributed by atoms with E-state index < -0.39 is 5.97 Å².